The second-order valence-electron chi connectivity index (χ2n) is 3.67. The maximum absolute atomic E-state index is 5.86. The van der Waals surface area contributed by atoms with E-state index in [1.165, 1.54) is 0 Å². The van der Waals surface area contributed by atoms with Crippen LogP contribution in [0.2, 0.25) is 0 Å². The standard InChI is InChI=1S/C11H14N4/c1-7-6-9(4-5-13-7)10-8(2)11(12)15(3)14-10/h4-6H,12H2,1-3H3. The minimum Gasteiger partial charge on any atom is -0.384 e. The molecule has 2 N–H and O–H groups in total. The highest BCUT2D eigenvalue weighted by atomic mass is 15.3. The zero-order chi connectivity index (χ0) is 11.0. The number of nitrogens with zero attached hydrogens (tertiary/aromatic N) is 3. The van der Waals surface area contributed by atoms with Gasteiger partial charge in [0, 0.05) is 30.1 Å². The molecule has 0 aliphatic rings. The van der Waals surface area contributed by atoms with Crippen molar-refractivity contribution in [3.05, 3.63) is 29.6 Å². The topological polar surface area (TPSA) is 56.7 Å². The van der Waals surface area contributed by atoms with Crippen molar-refractivity contribution in [2.24, 2.45) is 7.05 Å². The molecular weight excluding hydrogens is 188 g/mol. The number of aromatic nitrogens is 3. The first kappa shape index (κ1) is 9.71. The molecular formula is C11H14N4. The van der Waals surface area contributed by atoms with Crippen LogP contribution in [0.1, 0.15) is 11.3 Å². The van der Waals surface area contributed by atoms with Gasteiger partial charge in [-0.05, 0) is 26.0 Å². The van der Waals surface area contributed by atoms with Crippen LogP contribution in [0.3, 0.4) is 0 Å². The zero-order valence-corrected chi connectivity index (χ0v) is 9.15. The van der Waals surface area contributed by atoms with Crippen LogP contribution in [0.5, 0.6) is 0 Å². The van der Waals surface area contributed by atoms with Crippen LogP contribution in [0.15, 0.2) is 18.3 Å². The summed E-state index contributed by atoms with van der Waals surface area (Å²) in [7, 11) is 1.85. The minimum atomic E-state index is 0.708. The number of aryl methyl sites for hydroxylation is 2. The van der Waals surface area contributed by atoms with Crippen LogP contribution in [0.4, 0.5) is 5.82 Å². The zero-order valence-electron chi connectivity index (χ0n) is 9.15. The number of hydrogen-bond acceptors (Lipinski definition) is 3. The molecule has 2 aromatic heterocycles. The lowest BCUT2D eigenvalue weighted by Gasteiger charge is -1.99. The molecule has 0 bridgehead atoms. The van der Waals surface area contributed by atoms with E-state index in [4.69, 9.17) is 5.73 Å². The highest BCUT2D eigenvalue weighted by Crippen LogP contribution is 2.25. The molecule has 0 unspecified atom stereocenters. The molecule has 0 radical (unpaired) electrons. The van der Waals surface area contributed by atoms with E-state index in [-0.39, 0.29) is 0 Å². The molecule has 2 rings (SSSR count). The Balaban J connectivity index is 2.59. The average Bonchev–Trinajstić information content (AvgIpc) is 2.46. The summed E-state index contributed by atoms with van der Waals surface area (Å²) in [5, 5.41) is 4.38. The monoisotopic (exact) mass is 202 g/mol. The van der Waals surface area contributed by atoms with Gasteiger partial charge in [0.2, 0.25) is 0 Å². The van der Waals surface area contributed by atoms with Gasteiger partial charge >= 0.3 is 0 Å². The summed E-state index contributed by atoms with van der Waals surface area (Å²) in [6.07, 6.45) is 1.79. The van der Waals surface area contributed by atoms with Crippen molar-refractivity contribution in [1.82, 2.24) is 14.8 Å². The third-order valence-corrected chi connectivity index (χ3v) is 2.51. The Morgan fingerprint density at radius 2 is 2.07 bits per heavy atom. The minimum absolute atomic E-state index is 0.708. The maximum Gasteiger partial charge on any atom is 0.124 e. The first-order chi connectivity index (χ1) is 7.09. The first-order valence-electron chi connectivity index (χ1n) is 4.81. The Kier molecular flexibility index (Phi) is 2.19. The molecule has 2 heterocycles. The van der Waals surface area contributed by atoms with Crippen molar-refractivity contribution < 1.29 is 0 Å². The van der Waals surface area contributed by atoms with Crippen LogP contribution in [-0.4, -0.2) is 14.8 Å². The second kappa shape index (κ2) is 3.38. The van der Waals surface area contributed by atoms with Crippen LogP contribution in [0, 0.1) is 13.8 Å². The highest BCUT2D eigenvalue weighted by molar-refractivity contribution is 5.67. The van der Waals surface area contributed by atoms with E-state index >= 15 is 0 Å². The van der Waals surface area contributed by atoms with Gasteiger partial charge in [-0.25, -0.2) is 0 Å². The fraction of sp³-hybridized carbons (Fsp3) is 0.273. The Hall–Kier alpha value is -1.84. The molecule has 0 aliphatic heterocycles. The number of nitrogens with two attached hydrogens (primary N) is 1. The highest BCUT2D eigenvalue weighted by Gasteiger charge is 2.11. The lowest BCUT2D eigenvalue weighted by atomic mass is 10.1. The third-order valence-electron chi connectivity index (χ3n) is 2.51. The molecule has 4 heteroatoms. The lowest BCUT2D eigenvalue weighted by molar-refractivity contribution is 0.782. The Morgan fingerprint density at radius 3 is 2.60 bits per heavy atom. The maximum atomic E-state index is 5.86. The number of nitrogen functional groups attached to an aromatic ring is 1. The number of hydrogen-bond donors (Lipinski definition) is 1. The molecule has 0 saturated carbocycles. The van der Waals surface area contributed by atoms with E-state index in [2.05, 4.69) is 10.1 Å². The number of pyridine rings is 1. The first-order valence-corrected chi connectivity index (χ1v) is 4.81. The molecule has 0 saturated heterocycles. The van der Waals surface area contributed by atoms with Crippen LogP contribution in [0.25, 0.3) is 11.3 Å². The smallest absolute Gasteiger partial charge is 0.124 e. The van der Waals surface area contributed by atoms with Crippen molar-refractivity contribution >= 4 is 5.82 Å². The summed E-state index contributed by atoms with van der Waals surface area (Å²) in [5.41, 5.74) is 9.86. The summed E-state index contributed by atoms with van der Waals surface area (Å²) >= 11 is 0. The molecule has 0 spiro atoms. The number of rotatable bonds is 1. The van der Waals surface area contributed by atoms with Gasteiger partial charge in [-0.1, -0.05) is 0 Å². The van der Waals surface area contributed by atoms with Gasteiger partial charge in [-0.2, -0.15) is 5.10 Å². The predicted octanol–water partition coefficient (Wildman–Crippen LogP) is 1.68. The van der Waals surface area contributed by atoms with Gasteiger partial charge in [0.05, 0.1) is 5.69 Å². The van der Waals surface area contributed by atoms with E-state index in [0.717, 1.165) is 22.5 Å². The fourth-order valence-electron chi connectivity index (χ4n) is 1.61. The van der Waals surface area contributed by atoms with Crippen molar-refractivity contribution in [3.63, 3.8) is 0 Å². The Labute approximate surface area is 88.8 Å². The summed E-state index contributed by atoms with van der Waals surface area (Å²) in [6, 6.07) is 3.95. The molecule has 0 aliphatic carbocycles. The van der Waals surface area contributed by atoms with E-state index in [1.807, 2.05) is 33.0 Å². The van der Waals surface area contributed by atoms with E-state index in [0.29, 0.717) is 5.82 Å². The largest absolute Gasteiger partial charge is 0.384 e. The van der Waals surface area contributed by atoms with Crippen molar-refractivity contribution in [2.45, 2.75) is 13.8 Å². The van der Waals surface area contributed by atoms with Gasteiger partial charge in [0.1, 0.15) is 5.82 Å². The van der Waals surface area contributed by atoms with Gasteiger partial charge < -0.3 is 5.73 Å². The number of anilines is 1. The van der Waals surface area contributed by atoms with Crippen molar-refractivity contribution in [1.29, 1.82) is 0 Å². The van der Waals surface area contributed by atoms with Gasteiger partial charge in [0.15, 0.2) is 0 Å². The average molecular weight is 202 g/mol. The molecule has 0 amide bonds. The molecule has 15 heavy (non-hydrogen) atoms. The summed E-state index contributed by atoms with van der Waals surface area (Å²) in [6.45, 7) is 3.94. The predicted molar refractivity (Wildman–Crippen MR) is 60.3 cm³/mol. The molecule has 0 atom stereocenters. The normalized spacial score (nSPS) is 10.6. The Morgan fingerprint density at radius 1 is 1.33 bits per heavy atom. The Bertz CT molecular complexity index is 499. The summed E-state index contributed by atoms with van der Waals surface area (Å²) in [4.78, 5) is 4.16. The molecule has 0 aromatic carbocycles. The van der Waals surface area contributed by atoms with Crippen molar-refractivity contribution in [3.8, 4) is 11.3 Å². The van der Waals surface area contributed by atoms with Gasteiger partial charge in [0.25, 0.3) is 0 Å². The summed E-state index contributed by atoms with van der Waals surface area (Å²) in [5.74, 6) is 0.708. The second-order valence-corrected chi connectivity index (χ2v) is 3.67. The molecule has 78 valence electrons. The molecule has 4 nitrogen and oxygen atoms in total. The SMILES string of the molecule is Cc1cc(-c2nn(C)c(N)c2C)ccn1. The van der Waals surface area contributed by atoms with Crippen LogP contribution in [-0.2, 0) is 7.05 Å². The van der Waals surface area contributed by atoms with E-state index in [1.54, 1.807) is 10.9 Å². The fourth-order valence-corrected chi connectivity index (χ4v) is 1.61. The third kappa shape index (κ3) is 1.58. The van der Waals surface area contributed by atoms with Crippen LogP contribution < -0.4 is 5.73 Å². The van der Waals surface area contributed by atoms with E-state index < -0.39 is 0 Å². The summed E-state index contributed by atoms with van der Waals surface area (Å²) < 4.78 is 1.69. The van der Waals surface area contributed by atoms with Crippen molar-refractivity contribution in [2.75, 3.05) is 5.73 Å². The molecule has 2 aromatic rings. The quantitative estimate of drug-likeness (QED) is 0.765. The van der Waals surface area contributed by atoms with Gasteiger partial charge in [-0.15, -0.1) is 0 Å². The lowest BCUT2D eigenvalue weighted by Crippen LogP contribution is -1.97. The van der Waals surface area contributed by atoms with Crippen LogP contribution >= 0.6 is 0 Å². The van der Waals surface area contributed by atoms with E-state index in [9.17, 15) is 0 Å². The molecule has 0 fully saturated rings. The van der Waals surface area contributed by atoms with Gasteiger partial charge in [-0.3, -0.25) is 9.67 Å².